The fourth-order valence-corrected chi connectivity index (χ4v) is 6.19. The Labute approximate surface area is 202 Å². The largest absolute Gasteiger partial charge is 0.497 e. The molecule has 0 saturated heterocycles. The van der Waals surface area contributed by atoms with Gasteiger partial charge in [-0.25, -0.2) is 0 Å². The molecular weight excluding hydrogens is 440 g/mol. The number of Topliss-reactive ketones (excluding diaryl/α,β-unsaturated/α-hetero) is 1. The average Bonchev–Trinajstić information content (AvgIpc) is 3.06. The van der Waals surface area contributed by atoms with Crippen molar-refractivity contribution in [2.75, 3.05) is 12.9 Å². The molecule has 0 amide bonds. The smallest absolute Gasteiger partial charge is 0.303 e. The minimum atomic E-state index is -1.03. The SMILES string of the molecule is CCCCCC(O)(CS[C@H]1C(O)CC(=O)[C@@H]1CCCCCCC(=O)O)c1ccc(OC)cc1. The van der Waals surface area contributed by atoms with Crippen LogP contribution in [0.1, 0.15) is 83.1 Å². The zero-order valence-corrected chi connectivity index (χ0v) is 20.8. The summed E-state index contributed by atoms with van der Waals surface area (Å²) >= 11 is 1.52. The molecule has 7 heteroatoms. The minimum Gasteiger partial charge on any atom is -0.497 e. The lowest BCUT2D eigenvalue weighted by atomic mass is 9.90. The monoisotopic (exact) mass is 480 g/mol. The number of unbranched alkanes of at least 4 members (excludes halogenated alkanes) is 5. The third-order valence-corrected chi connectivity index (χ3v) is 8.26. The Balaban J connectivity index is 1.99. The van der Waals surface area contributed by atoms with Crippen molar-refractivity contribution in [3.63, 3.8) is 0 Å². The van der Waals surface area contributed by atoms with Crippen LogP contribution in [-0.4, -0.2) is 51.3 Å². The van der Waals surface area contributed by atoms with Crippen molar-refractivity contribution < 1.29 is 29.6 Å². The first-order valence-corrected chi connectivity index (χ1v) is 13.3. The molecule has 33 heavy (non-hydrogen) atoms. The molecule has 0 heterocycles. The number of ketones is 1. The van der Waals surface area contributed by atoms with Gasteiger partial charge in [-0.2, -0.15) is 11.8 Å². The zero-order chi connectivity index (χ0) is 24.3. The second-order valence-corrected chi connectivity index (χ2v) is 10.4. The summed E-state index contributed by atoms with van der Waals surface area (Å²) in [5.74, 6) is 0.281. The summed E-state index contributed by atoms with van der Waals surface area (Å²) < 4.78 is 5.25. The molecule has 186 valence electrons. The maximum absolute atomic E-state index is 12.6. The third kappa shape index (κ3) is 8.62. The second-order valence-electron chi connectivity index (χ2n) is 9.18. The second kappa shape index (κ2) is 14.0. The molecule has 0 bridgehead atoms. The van der Waals surface area contributed by atoms with Crippen molar-refractivity contribution in [2.24, 2.45) is 5.92 Å². The molecule has 1 saturated carbocycles. The summed E-state index contributed by atoms with van der Waals surface area (Å²) in [7, 11) is 1.61. The quantitative estimate of drug-likeness (QED) is 0.288. The van der Waals surface area contributed by atoms with Gasteiger partial charge in [-0.1, -0.05) is 57.6 Å². The molecular formula is C26H40O6S. The van der Waals surface area contributed by atoms with Gasteiger partial charge < -0.3 is 20.1 Å². The highest BCUT2D eigenvalue weighted by atomic mass is 32.2. The van der Waals surface area contributed by atoms with Crippen molar-refractivity contribution in [1.29, 1.82) is 0 Å². The summed E-state index contributed by atoms with van der Waals surface area (Å²) in [6, 6.07) is 7.50. The molecule has 3 N–H and O–H groups in total. The lowest BCUT2D eigenvalue weighted by molar-refractivity contribution is -0.137. The number of carbonyl (C=O) groups excluding carboxylic acids is 1. The Kier molecular flexibility index (Phi) is 11.7. The van der Waals surface area contributed by atoms with Gasteiger partial charge in [0.15, 0.2) is 0 Å². The highest BCUT2D eigenvalue weighted by Gasteiger charge is 2.43. The molecule has 0 radical (unpaired) electrons. The Hall–Kier alpha value is -1.57. The van der Waals surface area contributed by atoms with Crippen LogP contribution in [0.4, 0.5) is 0 Å². The number of carboxylic acid groups (broad SMARTS) is 1. The number of methoxy groups -OCH3 is 1. The van der Waals surface area contributed by atoms with Crippen LogP contribution in [0, 0.1) is 5.92 Å². The predicted octanol–water partition coefficient (Wildman–Crippen LogP) is 4.94. The fourth-order valence-electron chi connectivity index (χ4n) is 4.57. The number of carbonyl (C=O) groups is 2. The average molecular weight is 481 g/mol. The summed E-state index contributed by atoms with van der Waals surface area (Å²) in [5, 5.41) is 30.7. The molecule has 4 atom stereocenters. The normalized spacial score (nSPS) is 22.3. The minimum absolute atomic E-state index is 0.101. The van der Waals surface area contributed by atoms with Crippen LogP contribution in [-0.2, 0) is 15.2 Å². The van der Waals surface area contributed by atoms with E-state index in [1.807, 2.05) is 24.3 Å². The maximum atomic E-state index is 12.6. The number of rotatable bonds is 16. The van der Waals surface area contributed by atoms with Crippen molar-refractivity contribution in [2.45, 2.75) is 94.5 Å². The lowest BCUT2D eigenvalue weighted by Gasteiger charge is -2.31. The van der Waals surface area contributed by atoms with E-state index in [-0.39, 0.29) is 29.8 Å². The molecule has 6 nitrogen and oxygen atoms in total. The number of ether oxygens (including phenoxy) is 1. The first-order valence-electron chi connectivity index (χ1n) is 12.2. The van der Waals surface area contributed by atoms with Gasteiger partial charge in [-0.15, -0.1) is 0 Å². The molecule has 2 unspecified atom stereocenters. The van der Waals surface area contributed by atoms with E-state index >= 15 is 0 Å². The Bertz CT molecular complexity index is 737. The van der Waals surface area contributed by atoms with Gasteiger partial charge in [0.25, 0.3) is 0 Å². The van der Waals surface area contributed by atoms with Crippen molar-refractivity contribution in [1.82, 2.24) is 0 Å². The van der Waals surface area contributed by atoms with E-state index in [1.54, 1.807) is 7.11 Å². The van der Waals surface area contributed by atoms with Crippen LogP contribution >= 0.6 is 11.8 Å². The number of thioether (sulfide) groups is 1. The van der Waals surface area contributed by atoms with E-state index < -0.39 is 17.7 Å². The van der Waals surface area contributed by atoms with E-state index in [4.69, 9.17) is 9.84 Å². The molecule has 1 aliphatic carbocycles. The molecule has 1 aliphatic rings. The first-order chi connectivity index (χ1) is 15.8. The van der Waals surface area contributed by atoms with Crippen LogP contribution in [0.15, 0.2) is 24.3 Å². The Morgan fingerprint density at radius 3 is 2.45 bits per heavy atom. The van der Waals surface area contributed by atoms with E-state index in [0.29, 0.717) is 25.0 Å². The molecule has 1 fully saturated rings. The topological polar surface area (TPSA) is 104 Å². The number of benzene rings is 1. The van der Waals surface area contributed by atoms with Crippen LogP contribution in [0.25, 0.3) is 0 Å². The van der Waals surface area contributed by atoms with Crippen molar-refractivity contribution in [3.8, 4) is 5.75 Å². The number of aliphatic carboxylic acids is 1. The van der Waals surface area contributed by atoms with E-state index in [1.165, 1.54) is 11.8 Å². The van der Waals surface area contributed by atoms with Gasteiger partial charge in [-0.3, -0.25) is 9.59 Å². The number of carboxylic acids is 1. The molecule has 1 aromatic carbocycles. The zero-order valence-electron chi connectivity index (χ0n) is 20.0. The molecule has 0 spiro atoms. The van der Waals surface area contributed by atoms with Gasteiger partial charge in [0.1, 0.15) is 11.5 Å². The molecule has 2 rings (SSSR count). The van der Waals surface area contributed by atoms with Gasteiger partial charge in [0, 0.05) is 29.8 Å². The van der Waals surface area contributed by atoms with Gasteiger partial charge in [-0.05, 0) is 37.0 Å². The number of aliphatic hydroxyl groups is 2. The predicted molar refractivity (Wildman–Crippen MR) is 132 cm³/mol. The fraction of sp³-hybridized carbons (Fsp3) is 0.692. The van der Waals surface area contributed by atoms with E-state index in [0.717, 1.165) is 49.8 Å². The number of hydrogen-bond acceptors (Lipinski definition) is 6. The van der Waals surface area contributed by atoms with Gasteiger partial charge >= 0.3 is 5.97 Å². The molecule has 1 aromatic rings. The van der Waals surface area contributed by atoms with Gasteiger partial charge in [0.05, 0.1) is 18.8 Å². The first kappa shape index (κ1) is 27.7. The highest BCUT2D eigenvalue weighted by Crippen LogP contribution is 2.41. The highest BCUT2D eigenvalue weighted by molar-refractivity contribution is 8.00. The molecule has 0 aromatic heterocycles. The lowest BCUT2D eigenvalue weighted by Crippen LogP contribution is -2.32. The van der Waals surface area contributed by atoms with Crippen molar-refractivity contribution in [3.05, 3.63) is 29.8 Å². The number of aliphatic hydroxyl groups excluding tert-OH is 1. The van der Waals surface area contributed by atoms with E-state index in [2.05, 4.69) is 6.92 Å². The van der Waals surface area contributed by atoms with Crippen LogP contribution in [0.3, 0.4) is 0 Å². The summed E-state index contributed by atoms with van der Waals surface area (Å²) in [5.41, 5.74) is -0.195. The van der Waals surface area contributed by atoms with Crippen LogP contribution < -0.4 is 4.74 Å². The summed E-state index contributed by atoms with van der Waals surface area (Å²) in [6.45, 7) is 2.13. The van der Waals surface area contributed by atoms with Crippen molar-refractivity contribution >= 4 is 23.5 Å². The molecule has 0 aliphatic heterocycles. The summed E-state index contributed by atoms with van der Waals surface area (Å²) in [6.07, 6.45) is 7.25. The third-order valence-electron chi connectivity index (χ3n) is 6.59. The standard InChI is InChI=1S/C26H40O6S/c1-3-4-9-16-26(31,19-12-14-20(32-2)15-13-19)18-33-25-21(22(27)17-23(25)28)10-7-5-6-8-11-24(29)30/h12-15,21,23,25,28,31H,3-11,16-18H2,1-2H3,(H,29,30)/t21-,23?,25+,26?/m0/s1. The van der Waals surface area contributed by atoms with Gasteiger partial charge in [0.2, 0.25) is 0 Å². The Morgan fingerprint density at radius 2 is 1.82 bits per heavy atom. The number of hydrogen-bond donors (Lipinski definition) is 3. The van der Waals surface area contributed by atoms with Crippen LogP contribution in [0.5, 0.6) is 5.75 Å². The van der Waals surface area contributed by atoms with E-state index in [9.17, 15) is 19.8 Å². The van der Waals surface area contributed by atoms with Crippen LogP contribution in [0.2, 0.25) is 0 Å². The summed E-state index contributed by atoms with van der Waals surface area (Å²) in [4.78, 5) is 23.2. The Morgan fingerprint density at radius 1 is 1.12 bits per heavy atom. The maximum Gasteiger partial charge on any atom is 0.303 e.